The fourth-order valence-corrected chi connectivity index (χ4v) is 1.84. The van der Waals surface area contributed by atoms with E-state index in [0.717, 1.165) is 11.9 Å². The fraction of sp³-hybridized carbons (Fsp3) is 0.300. The molecule has 1 N–H and O–H groups in total. The maximum Gasteiger partial charge on any atom is 0.274 e. The highest BCUT2D eigenvalue weighted by Crippen LogP contribution is 2.23. The Morgan fingerprint density at radius 1 is 1.71 bits per heavy atom. The lowest BCUT2D eigenvalue weighted by Crippen LogP contribution is -2.20. The minimum atomic E-state index is -0.475. The van der Waals surface area contributed by atoms with Crippen molar-refractivity contribution in [2.75, 3.05) is 11.4 Å². The Hall–Kier alpha value is -1.82. The van der Waals surface area contributed by atoms with Gasteiger partial charge in [-0.15, -0.1) is 0 Å². The van der Waals surface area contributed by atoms with Gasteiger partial charge in [0.15, 0.2) is 5.82 Å². The summed E-state index contributed by atoms with van der Waals surface area (Å²) in [4.78, 5) is 15.8. The molecule has 2 heterocycles. The van der Waals surface area contributed by atoms with Gasteiger partial charge in [-0.05, 0) is 19.1 Å². The molecule has 0 amide bonds. The first kappa shape index (κ1) is 11.7. The molecule has 7 heteroatoms. The van der Waals surface area contributed by atoms with Gasteiger partial charge in [-0.1, -0.05) is 11.6 Å². The molecular weight excluding hydrogens is 244 g/mol. The molecule has 1 aromatic heterocycles. The zero-order chi connectivity index (χ0) is 12.4. The van der Waals surface area contributed by atoms with Crippen molar-refractivity contribution in [3.8, 4) is 0 Å². The van der Waals surface area contributed by atoms with E-state index in [9.17, 15) is 10.1 Å². The van der Waals surface area contributed by atoms with Gasteiger partial charge in [0.1, 0.15) is 5.15 Å². The number of nitro groups is 1. The lowest BCUT2D eigenvalue weighted by Gasteiger charge is -2.16. The highest BCUT2D eigenvalue weighted by molar-refractivity contribution is 6.29. The van der Waals surface area contributed by atoms with Crippen LogP contribution in [0.15, 0.2) is 30.4 Å². The number of nitrogens with one attached hydrogen (secondary N) is 1. The molecule has 1 fully saturated rings. The quantitative estimate of drug-likeness (QED) is 0.493. The summed E-state index contributed by atoms with van der Waals surface area (Å²) in [6.45, 7) is 2.61. The molecule has 0 spiro atoms. The number of nitrogens with zero attached hydrogens (tertiary/aromatic N) is 3. The summed E-state index contributed by atoms with van der Waals surface area (Å²) < 4.78 is 0. The first-order valence-electron chi connectivity index (χ1n) is 5.07. The normalized spacial score (nSPS) is 21.6. The van der Waals surface area contributed by atoms with E-state index in [0.29, 0.717) is 17.5 Å². The Bertz CT molecular complexity index is 460. The van der Waals surface area contributed by atoms with Gasteiger partial charge in [0.25, 0.3) is 6.20 Å². The molecule has 6 nitrogen and oxygen atoms in total. The van der Waals surface area contributed by atoms with Gasteiger partial charge in [-0.2, -0.15) is 0 Å². The van der Waals surface area contributed by atoms with Crippen molar-refractivity contribution in [2.24, 2.45) is 0 Å². The number of aromatic nitrogens is 1. The molecule has 1 aromatic rings. The smallest absolute Gasteiger partial charge is 0.274 e. The molecule has 17 heavy (non-hydrogen) atoms. The minimum Gasteiger partial charge on any atom is -0.362 e. The molecule has 1 saturated heterocycles. The van der Waals surface area contributed by atoms with E-state index in [4.69, 9.17) is 11.6 Å². The highest BCUT2D eigenvalue weighted by Gasteiger charge is 2.26. The average molecular weight is 255 g/mol. The zero-order valence-corrected chi connectivity index (χ0v) is 9.89. The summed E-state index contributed by atoms with van der Waals surface area (Å²) in [5.74, 6) is 0.464. The van der Waals surface area contributed by atoms with E-state index in [-0.39, 0.29) is 6.04 Å². The van der Waals surface area contributed by atoms with E-state index < -0.39 is 4.92 Å². The third-order valence-corrected chi connectivity index (χ3v) is 2.62. The molecule has 1 aliphatic heterocycles. The summed E-state index contributed by atoms with van der Waals surface area (Å²) in [5, 5.41) is 13.9. The molecule has 1 atom stereocenters. The Kier molecular flexibility index (Phi) is 3.14. The Morgan fingerprint density at radius 3 is 3.06 bits per heavy atom. The molecule has 90 valence electrons. The monoisotopic (exact) mass is 254 g/mol. The third kappa shape index (κ3) is 2.65. The van der Waals surface area contributed by atoms with Gasteiger partial charge in [-0.25, -0.2) is 4.98 Å². The van der Waals surface area contributed by atoms with Crippen molar-refractivity contribution in [3.05, 3.63) is 45.6 Å². The van der Waals surface area contributed by atoms with Gasteiger partial charge in [0, 0.05) is 12.6 Å². The lowest BCUT2D eigenvalue weighted by molar-refractivity contribution is -0.403. The summed E-state index contributed by atoms with van der Waals surface area (Å²) >= 11 is 5.70. The molecule has 0 unspecified atom stereocenters. The standard InChI is InChI=1S/C10H11ClN4O2/c1-7-5-14(10(13-7)6-15(16)17)8-2-3-9(11)12-4-8/h2-4,6-7,13H,5H2,1H3/b10-6+/t7-/m0/s1. The molecule has 0 radical (unpaired) electrons. The fourth-order valence-electron chi connectivity index (χ4n) is 1.73. The summed E-state index contributed by atoms with van der Waals surface area (Å²) in [5.41, 5.74) is 0.777. The molecule has 0 aromatic carbocycles. The van der Waals surface area contributed by atoms with Crippen molar-refractivity contribution in [1.29, 1.82) is 0 Å². The molecule has 0 aliphatic carbocycles. The van der Waals surface area contributed by atoms with Crippen LogP contribution in [-0.2, 0) is 0 Å². The summed E-state index contributed by atoms with van der Waals surface area (Å²) in [7, 11) is 0. The van der Waals surface area contributed by atoms with E-state index in [1.165, 1.54) is 0 Å². The number of rotatable bonds is 2. The highest BCUT2D eigenvalue weighted by atomic mass is 35.5. The van der Waals surface area contributed by atoms with Crippen molar-refractivity contribution in [3.63, 3.8) is 0 Å². The molecule has 0 bridgehead atoms. The van der Waals surface area contributed by atoms with Gasteiger partial charge < -0.3 is 10.2 Å². The van der Waals surface area contributed by atoms with Crippen molar-refractivity contribution < 1.29 is 4.92 Å². The second-order valence-electron chi connectivity index (χ2n) is 3.79. The maximum atomic E-state index is 10.5. The lowest BCUT2D eigenvalue weighted by atomic mass is 10.3. The van der Waals surface area contributed by atoms with Gasteiger partial charge in [0.2, 0.25) is 0 Å². The van der Waals surface area contributed by atoms with Crippen LogP contribution in [0.25, 0.3) is 0 Å². The number of pyridine rings is 1. The second-order valence-corrected chi connectivity index (χ2v) is 4.18. The topological polar surface area (TPSA) is 71.3 Å². The summed E-state index contributed by atoms with van der Waals surface area (Å²) in [6.07, 6.45) is 2.55. The number of hydrogen-bond acceptors (Lipinski definition) is 5. The number of anilines is 1. The van der Waals surface area contributed by atoms with Crippen LogP contribution in [0.1, 0.15) is 6.92 Å². The van der Waals surface area contributed by atoms with Crippen molar-refractivity contribution in [2.45, 2.75) is 13.0 Å². The predicted molar refractivity (Wildman–Crippen MR) is 64.3 cm³/mol. The van der Waals surface area contributed by atoms with Crippen LogP contribution in [0.5, 0.6) is 0 Å². The predicted octanol–water partition coefficient (Wildman–Crippen LogP) is 1.61. The van der Waals surface area contributed by atoms with Crippen LogP contribution in [0, 0.1) is 10.1 Å². The SMILES string of the molecule is C[C@H]1CN(c2ccc(Cl)nc2)/C(=C/[N+](=O)[O-])N1. The van der Waals surface area contributed by atoms with Crippen LogP contribution in [0.2, 0.25) is 5.15 Å². The maximum absolute atomic E-state index is 10.5. The van der Waals surface area contributed by atoms with E-state index in [1.807, 2.05) is 6.92 Å². The number of hydrogen-bond donors (Lipinski definition) is 1. The van der Waals surface area contributed by atoms with E-state index in [2.05, 4.69) is 10.3 Å². The van der Waals surface area contributed by atoms with Crippen molar-refractivity contribution >= 4 is 17.3 Å². The van der Waals surface area contributed by atoms with Crippen LogP contribution in [0.4, 0.5) is 5.69 Å². The largest absolute Gasteiger partial charge is 0.362 e. The van der Waals surface area contributed by atoms with Gasteiger partial charge in [0.05, 0.1) is 16.8 Å². The third-order valence-electron chi connectivity index (χ3n) is 2.39. The Morgan fingerprint density at radius 2 is 2.47 bits per heavy atom. The van der Waals surface area contributed by atoms with Crippen LogP contribution in [0.3, 0.4) is 0 Å². The van der Waals surface area contributed by atoms with Gasteiger partial charge >= 0.3 is 0 Å². The van der Waals surface area contributed by atoms with Crippen LogP contribution in [-0.4, -0.2) is 22.5 Å². The Labute approximate surface area is 103 Å². The minimum absolute atomic E-state index is 0.150. The number of halogens is 1. The first-order chi connectivity index (χ1) is 8.06. The zero-order valence-electron chi connectivity index (χ0n) is 9.13. The first-order valence-corrected chi connectivity index (χ1v) is 5.45. The van der Waals surface area contributed by atoms with Crippen LogP contribution < -0.4 is 10.2 Å². The summed E-state index contributed by atoms with van der Waals surface area (Å²) in [6, 6.07) is 3.59. The van der Waals surface area contributed by atoms with Gasteiger partial charge in [-0.3, -0.25) is 10.1 Å². The van der Waals surface area contributed by atoms with Crippen LogP contribution >= 0.6 is 11.6 Å². The Balaban J connectivity index is 2.30. The second kappa shape index (κ2) is 4.58. The molecular formula is C10H11ClN4O2. The van der Waals surface area contributed by atoms with Crippen molar-refractivity contribution in [1.82, 2.24) is 10.3 Å². The molecule has 0 saturated carbocycles. The van der Waals surface area contributed by atoms with E-state index >= 15 is 0 Å². The van der Waals surface area contributed by atoms with E-state index in [1.54, 1.807) is 23.2 Å². The molecule has 2 rings (SSSR count). The molecule has 1 aliphatic rings. The average Bonchev–Trinajstić information content (AvgIpc) is 2.59.